The molecule has 138 valence electrons. The summed E-state index contributed by atoms with van der Waals surface area (Å²) in [6.45, 7) is 2.67. The Morgan fingerprint density at radius 3 is 2.69 bits per heavy atom. The average Bonchev–Trinajstić information content (AvgIpc) is 2.65. The lowest BCUT2D eigenvalue weighted by molar-refractivity contribution is 0.0947. The van der Waals surface area contributed by atoms with Crippen molar-refractivity contribution in [3.63, 3.8) is 0 Å². The molecule has 1 amide bonds. The van der Waals surface area contributed by atoms with Crippen molar-refractivity contribution < 1.29 is 14.3 Å². The number of anilines is 2. The molecule has 0 fully saturated rings. The summed E-state index contributed by atoms with van der Waals surface area (Å²) in [6.07, 6.45) is 2.52. The van der Waals surface area contributed by atoms with Crippen LogP contribution < -0.4 is 20.1 Å². The monoisotopic (exact) mass is 356 g/mol. The third-order valence-electron chi connectivity index (χ3n) is 3.89. The topological polar surface area (TPSA) is 75.7 Å². The fraction of sp³-hybridized carbons (Fsp3) is 0.368. The third kappa shape index (κ3) is 4.86. The zero-order chi connectivity index (χ0) is 18.4. The zero-order valence-corrected chi connectivity index (χ0v) is 15.1. The summed E-state index contributed by atoms with van der Waals surface area (Å²) in [5, 5.41) is 6.16. The molecule has 7 nitrogen and oxygen atoms in total. The predicted molar refractivity (Wildman–Crippen MR) is 100 cm³/mol. The van der Waals surface area contributed by atoms with E-state index in [4.69, 9.17) is 9.47 Å². The van der Waals surface area contributed by atoms with Crippen molar-refractivity contribution in [3.05, 3.63) is 42.2 Å². The molecule has 1 aliphatic heterocycles. The van der Waals surface area contributed by atoms with Crippen molar-refractivity contribution in [2.45, 2.75) is 6.42 Å². The number of pyridine rings is 1. The zero-order valence-electron chi connectivity index (χ0n) is 15.1. The lowest BCUT2D eigenvalue weighted by Crippen LogP contribution is -2.27. The Hall–Kier alpha value is -2.80. The van der Waals surface area contributed by atoms with E-state index in [9.17, 15) is 4.79 Å². The van der Waals surface area contributed by atoms with E-state index in [-0.39, 0.29) is 5.91 Å². The number of nitrogens with one attached hydrogen (secondary N) is 2. The van der Waals surface area contributed by atoms with Crippen LogP contribution in [0.2, 0.25) is 0 Å². The number of carbonyl (C=O) groups is 1. The molecule has 0 radical (unpaired) electrons. The summed E-state index contributed by atoms with van der Waals surface area (Å²) in [4.78, 5) is 18.5. The lowest BCUT2D eigenvalue weighted by Gasteiger charge is -2.19. The molecule has 0 saturated carbocycles. The molecule has 0 spiro atoms. The quantitative estimate of drug-likeness (QED) is 0.742. The van der Waals surface area contributed by atoms with Crippen LogP contribution in [0.4, 0.5) is 11.4 Å². The van der Waals surface area contributed by atoms with Gasteiger partial charge in [0.1, 0.15) is 18.9 Å². The van der Waals surface area contributed by atoms with Crippen molar-refractivity contribution in [2.75, 3.05) is 45.7 Å². The molecule has 0 saturated heterocycles. The van der Waals surface area contributed by atoms with Gasteiger partial charge < -0.3 is 25.0 Å². The van der Waals surface area contributed by atoms with E-state index in [1.807, 2.05) is 38.4 Å². The van der Waals surface area contributed by atoms with Gasteiger partial charge in [-0.25, -0.2) is 0 Å². The number of ether oxygens (including phenoxy) is 2. The Morgan fingerprint density at radius 2 is 1.88 bits per heavy atom. The number of fused-ring (bicyclic) bond motifs is 1. The molecule has 0 bridgehead atoms. The number of aromatic nitrogens is 1. The molecule has 0 unspecified atom stereocenters. The Bertz CT molecular complexity index is 764. The molecule has 0 atom stereocenters. The second-order valence-corrected chi connectivity index (χ2v) is 6.33. The summed E-state index contributed by atoms with van der Waals surface area (Å²) in [5.41, 5.74) is 2.03. The second-order valence-electron chi connectivity index (χ2n) is 6.33. The standard InChI is InChI=1S/C19H24N4O3/c1-23(2)9-3-7-21-19(24)16-12-15(6-8-20-16)22-14-4-5-17-18(13-14)26-11-10-25-17/h4-6,8,12-13H,3,7,9-11H2,1-2H3,(H,20,22)(H,21,24). The van der Waals surface area contributed by atoms with Crippen molar-refractivity contribution in [1.82, 2.24) is 15.2 Å². The number of amides is 1. The summed E-state index contributed by atoms with van der Waals surface area (Å²) in [5.74, 6) is 1.29. The van der Waals surface area contributed by atoms with Gasteiger partial charge in [-0.1, -0.05) is 0 Å². The van der Waals surface area contributed by atoms with Gasteiger partial charge in [0.2, 0.25) is 0 Å². The van der Waals surface area contributed by atoms with Crippen LogP contribution in [0.5, 0.6) is 11.5 Å². The van der Waals surface area contributed by atoms with Crippen LogP contribution in [0.1, 0.15) is 16.9 Å². The first kappa shape index (κ1) is 18.0. The highest BCUT2D eigenvalue weighted by atomic mass is 16.6. The molecule has 1 aromatic carbocycles. The molecule has 7 heteroatoms. The molecule has 2 N–H and O–H groups in total. The Labute approximate surface area is 153 Å². The number of hydrogen-bond acceptors (Lipinski definition) is 6. The van der Waals surface area contributed by atoms with Crippen molar-refractivity contribution in [1.29, 1.82) is 0 Å². The number of benzene rings is 1. The summed E-state index contributed by atoms with van der Waals surface area (Å²) in [6, 6.07) is 9.22. The maximum Gasteiger partial charge on any atom is 0.269 e. The fourth-order valence-corrected chi connectivity index (χ4v) is 2.61. The van der Waals surface area contributed by atoms with Crippen molar-refractivity contribution in [3.8, 4) is 11.5 Å². The fourth-order valence-electron chi connectivity index (χ4n) is 2.61. The Morgan fingerprint density at radius 1 is 1.12 bits per heavy atom. The van der Waals surface area contributed by atoms with Crippen LogP contribution in [0.15, 0.2) is 36.5 Å². The van der Waals surface area contributed by atoms with Gasteiger partial charge >= 0.3 is 0 Å². The number of nitrogens with zero attached hydrogens (tertiary/aromatic N) is 2. The van der Waals surface area contributed by atoms with E-state index < -0.39 is 0 Å². The SMILES string of the molecule is CN(C)CCCNC(=O)c1cc(Nc2ccc3c(c2)OCCO3)ccn1. The van der Waals surface area contributed by atoms with Gasteiger partial charge in [-0.3, -0.25) is 9.78 Å². The van der Waals surface area contributed by atoms with Crippen LogP contribution in [0.25, 0.3) is 0 Å². The van der Waals surface area contributed by atoms with Crippen molar-refractivity contribution in [2.24, 2.45) is 0 Å². The molecular weight excluding hydrogens is 332 g/mol. The highest BCUT2D eigenvalue weighted by Crippen LogP contribution is 2.33. The Balaban J connectivity index is 1.61. The van der Waals surface area contributed by atoms with Gasteiger partial charge in [0.25, 0.3) is 5.91 Å². The first-order chi connectivity index (χ1) is 12.6. The molecule has 2 aromatic rings. The number of carbonyl (C=O) groups excluding carboxylic acids is 1. The van der Waals surface area contributed by atoms with E-state index in [0.717, 1.165) is 30.1 Å². The molecule has 3 rings (SSSR count). The molecule has 0 aliphatic carbocycles. The van der Waals surface area contributed by atoms with Gasteiger partial charge in [0.05, 0.1) is 0 Å². The lowest BCUT2D eigenvalue weighted by atomic mass is 10.2. The number of rotatable bonds is 7. The molecule has 1 aromatic heterocycles. The van der Waals surface area contributed by atoms with Gasteiger partial charge in [-0.2, -0.15) is 0 Å². The highest BCUT2D eigenvalue weighted by molar-refractivity contribution is 5.93. The van der Waals surface area contributed by atoms with Gasteiger partial charge in [-0.15, -0.1) is 0 Å². The minimum atomic E-state index is -0.172. The van der Waals surface area contributed by atoms with Gasteiger partial charge in [0.15, 0.2) is 11.5 Å². The van der Waals surface area contributed by atoms with E-state index in [1.165, 1.54) is 0 Å². The van der Waals surface area contributed by atoms with Crippen LogP contribution >= 0.6 is 0 Å². The normalized spacial score (nSPS) is 12.7. The first-order valence-electron chi connectivity index (χ1n) is 8.67. The molecular formula is C19H24N4O3. The maximum absolute atomic E-state index is 12.2. The summed E-state index contributed by atoms with van der Waals surface area (Å²) < 4.78 is 11.1. The summed E-state index contributed by atoms with van der Waals surface area (Å²) in [7, 11) is 4.02. The number of hydrogen-bond donors (Lipinski definition) is 2. The van der Waals surface area contributed by atoms with E-state index in [0.29, 0.717) is 31.2 Å². The van der Waals surface area contributed by atoms with Crippen LogP contribution in [-0.4, -0.2) is 56.2 Å². The minimum absolute atomic E-state index is 0.172. The first-order valence-corrected chi connectivity index (χ1v) is 8.67. The van der Waals surface area contributed by atoms with Gasteiger partial charge in [-0.05, 0) is 51.3 Å². The Kier molecular flexibility index (Phi) is 5.91. The summed E-state index contributed by atoms with van der Waals surface area (Å²) >= 11 is 0. The van der Waals surface area contributed by atoms with Crippen LogP contribution in [-0.2, 0) is 0 Å². The van der Waals surface area contributed by atoms with E-state index in [1.54, 1.807) is 12.3 Å². The average molecular weight is 356 g/mol. The molecule has 26 heavy (non-hydrogen) atoms. The third-order valence-corrected chi connectivity index (χ3v) is 3.89. The van der Waals surface area contributed by atoms with E-state index in [2.05, 4.69) is 20.5 Å². The minimum Gasteiger partial charge on any atom is -0.486 e. The van der Waals surface area contributed by atoms with Crippen molar-refractivity contribution >= 4 is 17.3 Å². The predicted octanol–water partition coefficient (Wildman–Crippen LogP) is 2.28. The maximum atomic E-state index is 12.2. The van der Waals surface area contributed by atoms with Gasteiger partial charge in [0, 0.05) is 30.2 Å². The van der Waals surface area contributed by atoms with Crippen LogP contribution in [0.3, 0.4) is 0 Å². The highest BCUT2D eigenvalue weighted by Gasteiger charge is 2.12. The largest absolute Gasteiger partial charge is 0.486 e. The molecule has 2 heterocycles. The van der Waals surface area contributed by atoms with E-state index >= 15 is 0 Å². The molecule has 1 aliphatic rings. The smallest absolute Gasteiger partial charge is 0.269 e. The second kappa shape index (κ2) is 8.53. The van der Waals surface area contributed by atoms with Crippen LogP contribution in [0, 0.1) is 0 Å².